The zero-order valence-corrected chi connectivity index (χ0v) is 12.5. The normalized spacial score (nSPS) is 17.3. The number of unbranched alkanes of at least 4 members (excludes halogenated alkanes) is 1. The van der Waals surface area contributed by atoms with Crippen LogP contribution in [0.5, 0.6) is 0 Å². The summed E-state index contributed by atoms with van der Waals surface area (Å²) in [4.78, 5) is 39.3. The molecule has 0 fully saturated rings. The summed E-state index contributed by atoms with van der Waals surface area (Å²) in [5.74, 6) is -3.49. The van der Waals surface area contributed by atoms with Gasteiger partial charge in [-0.2, -0.15) is 5.21 Å². The Kier molecular flexibility index (Phi) is 3.96. The standard InChI is InChI=1S/C15H15N5O3/c1-2-3-8-20-10-7-5-4-6-9(10)12(21)11(15(20)23)13(22)14-16-18-19-17-14/h4-7,11H,2-3,8H2,1H3,(H,16,17,18,19). The number of Topliss-reactive ketones (excluding diaryl/α,β-unsaturated/α-hetero) is 2. The van der Waals surface area contributed by atoms with Gasteiger partial charge in [0.1, 0.15) is 0 Å². The van der Waals surface area contributed by atoms with Crippen LogP contribution in [-0.2, 0) is 4.79 Å². The van der Waals surface area contributed by atoms with Crippen LogP contribution >= 0.6 is 0 Å². The number of aromatic nitrogens is 4. The zero-order chi connectivity index (χ0) is 16.4. The van der Waals surface area contributed by atoms with Crippen molar-refractivity contribution >= 4 is 23.2 Å². The van der Waals surface area contributed by atoms with Gasteiger partial charge in [0.2, 0.25) is 17.5 Å². The first-order valence-electron chi connectivity index (χ1n) is 7.37. The zero-order valence-electron chi connectivity index (χ0n) is 12.5. The summed E-state index contributed by atoms with van der Waals surface area (Å²) in [6.07, 6.45) is 1.67. The summed E-state index contributed by atoms with van der Waals surface area (Å²) in [6.45, 7) is 2.46. The van der Waals surface area contributed by atoms with Crippen molar-refractivity contribution in [2.75, 3.05) is 11.4 Å². The van der Waals surface area contributed by atoms with Crippen molar-refractivity contribution in [2.45, 2.75) is 19.8 Å². The fraction of sp³-hybridized carbons (Fsp3) is 0.333. The Morgan fingerprint density at radius 3 is 2.78 bits per heavy atom. The van der Waals surface area contributed by atoms with E-state index in [4.69, 9.17) is 0 Å². The first-order valence-corrected chi connectivity index (χ1v) is 7.37. The summed E-state index contributed by atoms with van der Waals surface area (Å²) >= 11 is 0. The van der Waals surface area contributed by atoms with Gasteiger partial charge in [0, 0.05) is 12.1 Å². The minimum atomic E-state index is -1.45. The van der Waals surface area contributed by atoms with Crippen LogP contribution in [0.2, 0.25) is 0 Å². The van der Waals surface area contributed by atoms with Gasteiger partial charge in [-0.3, -0.25) is 14.4 Å². The van der Waals surface area contributed by atoms with Crippen molar-refractivity contribution in [1.82, 2.24) is 20.6 Å². The summed E-state index contributed by atoms with van der Waals surface area (Å²) in [6, 6.07) is 6.81. The second kappa shape index (κ2) is 6.07. The van der Waals surface area contributed by atoms with Crippen LogP contribution in [0.3, 0.4) is 0 Å². The number of fused-ring (bicyclic) bond motifs is 1. The SMILES string of the molecule is CCCCN1C(=O)C(C(=O)c2nn[nH]n2)C(=O)c2ccccc21. The van der Waals surface area contributed by atoms with Crippen LogP contribution in [0, 0.1) is 5.92 Å². The highest BCUT2D eigenvalue weighted by atomic mass is 16.2. The summed E-state index contributed by atoms with van der Waals surface area (Å²) in [5, 5.41) is 12.6. The van der Waals surface area contributed by atoms with E-state index >= 15 is 0 Å². The van der Waals surface area contributed by atoms with E-state index in [1.807, 2.05) is 6.92 Å². The lowest BCUT2D eigenvalue weighted by Gasteiger charge is -2.32. The highest BCUT2D eigenvalue weighted by Gasteiger charge is 2.44. The lowest BCUT2D eigenvalue weighted by molar-refractivity contribution is -0.120. The van der Waals surface area contributed by atoms with Gasteiger partial charge in [0.25, 0.3) is 0 Å². The van der Waals surface area contributed by atoms with Crippen molar-refractivity contribution in [3.8, 4) is 0 Å². The Labute approximate surface area is 131 Å². The largest absolute Gasteiger partial charge is 0.311 e. The van der Waals surface area contributed by atoms with Gasteiger partial charge in [-0.15, -0.1) is 10.2 Å². The quantitative estimate of drug-likeness (QED) is 0.652. The van der Waals surface area contributed by atoms with Crippen LogP contribution in [-0.4, -0.2) is 44.6 Å². The van der Waals surface area contributed by atoms with Gasteiger partial charge >= 0.3 is 0 Å². The molecule has 0 saturated heterocycles. The Morgan fingerprint density at radius 2 is 2.09 bits per heavy atom. The molecule has 118 valence electrons. The molecule has 1 N–H and O–H groups in total. The molecule has 0 radical (unpaired) electrons. The molecule has 1 aliphatic rings. The molecular weight excluding hydrogens is 298 g/mol. The number of anilines is 1. The third-order valence-electron chi connectivity index (χ3n) is 3.80. The molecule has 1 unspecified atom stereocenters. The second-order valence-electron chi connectivity index (χ2n) is 5.26. The summed E-state index contributed by atoms with van der Waals surface area (Å²) in [5.41, 5.74) is 0.915. The van der Waals surface area contributed by atoms with Gasteiger partial charge in [-0.25, -0.2) is 0 Å². The first-order chi connectivity index (χ1) is 11.1. The molecule has 2 heterocycles. The van der Waals surface area contributed by atoms with Crippen molar-refractivity contribution in [1.29, 1.82) is 0 Å². The monoisotopic (exact) mass is 313 g/mol. The van der Waals surface area contributed by atoms with Crippen molar-refractivity contribution < 1.29 is 14.4 Å². The number of carbonyl (C=O) groups excluding carboxylic acids is 3. The Balaban J connectivity index is 2.03. The van der Waals surface area contributed by atoms with Crippen LogP contribution < -0.4 is 4.90 Å². The molecule has 8 heteroatoms. The molecule has 1 atom stereocenters. The second-order valence-corrected chi connectivity index (χ2v) is 5.26. The highest BCUT2D eigenvalue weighted by molar-refractivity contribution is 6.33. The maximum atomic E-state index is 12.7. The van der Waals surface area contributed by atoms with Gasteiger partial charge in [0.15, 0.2) is 11.7 Å². The number of amides is 1. The lowest BCUT2D eigenvalue weighted by Crippen LogP contribution is -2.48. The van der Waals surface area contributed by atoms with E-state index in [0.29, 0.717) is 17.8 Å². The van der Waals surface area contributed by atoms with E-state index in [2.05, 4.69) is 20.6 Å². The third kappa shape index (κ3) is 2.52. The number of H-pyrrole nitrogens is 1. The molecule has 8 nitrogen and oxygen atoms in total. The topological polar surface area (TPSA) is 109 Å². The molecule has 0 bridgehead atoms. The number of carbonyl (C=O) groups is 3. The average Bonchev–Trinajstić information content (AvgIpc) is 3.09. The number of nitrogens with one attached hydrogen (secondary N) is 1. The Morgan fingerprint density at radius 1 is 1.30 bits per heavy atom. The number of hydrogen-bond acceptors (Lipinski definition) is 6. The molecule has 1 aromatic carbocycles. The van der Waals surface area contributed by atoms with Crippen LogP contribution in [0.4, 0.5) is 5.69 Å². The fourth-order valence-corrected chi connectivity index (χ4v) is 2.63. The minimum absolute atomic E-state index is 0.258. The number of hydrogen-bond donors (Lipinski definition) is 1. The lowest BCUT2D eigenvalue weighted by atomic mass is 9.86. The fourth-order valence-electron chi connectivity index (χ4n) is 2.63. The van der Waals surface area contributed by atoms with Gasteiger partial charge < -0.3 is 4.90 Å². The predicted molar refractivity (Wildman–Crippen MR) is 80.0 cm³/mol. The number of tetrazole rings is 1. The smallest absolute Gasteiger partial charge is 0.246 e. The summed E-state index contributed by atoms with van der Waals surface area (Å²) in [7, 11) is 0. The number of nitrogens with zero attached hydrogens (tertiary/aromatic N) is 4. The maximum Gasteiger partial charge on any atom is 0.246 e. The van der Waals surface area contributed by atoms with E-state index in [-0.39, 0.29) is 5.82 Å². The number of ketones is 2. The Bertz CT molecular complexity index is 756. The predicted octanol–water partition coefficient (Wildman–Crippen LogP) is 1.03. The van der Waals surface area contributed by atoms with E-state index in [1.165, 1.54) is 4.90 Å². The van der Waals surface area contributed by atoms with E-state index in [9.17, 15) is 14.4 Å². The van der Waals surface area contributed by atoms with Crippen molar-refractivity contribution in [3.63, 3.8) is 0 Å². The summed E-state index contributed by atoms with van der Waals surface area (Å²) < 4.78 is 0. The maximum absolute atomic E-state index is 12.7. The van der Waals surface area contributed by atoms with E-state index in [0.717, 1.165) is 12.8 Å². The number of rotatable bonds is 5. The first kappa shape index (κ1) is 15.0. The van der Waals surface area contributed by atoms with Gasteiger partial charge in [-0.1, -0.05) is 25.5 Å². The Hall–Kier alpha value is -2.90. The van der Waals surface area contributed by atoms with E-state index < -0.39 is 23.4 Å². The van der Waals surface area contributed by atoms with Crippen molar-refractivity contribution in [2.24, 2.45) is 5.92 Å². The van der Waals surface area contributed by atoms with Gasteiger partial charge in [0.05, 0.1) is 5.69 Å². The molecule has 1 aliphatic heterocycles. The number of aromatic amines is 1. The highest BCUT2D eigenvalue weighted by Crippen LogP contribution is 2.31. The van der Waals surface area contributed by atoms with Crippen LogP contribution in [0.15, 0.2) is 24.3 Å². The van der Waals surface area contributed by atoms with Crippen LogP contribution in [0.1, 0.15) is 40.7 Å². The molecule has 1 aromatic heterocycles. The van der Waals surface area contributed by atoms with Gasteiger partial charge in [-0.05, 0) is 23.8 Å². The minimum Gasteiger partial charge on any atom is -0.311 e. The molecule has 0 aliphatic carbocycles. The molecular formula is C15H15N5O3. The van der Waals surface area contributed by atoms with E-state index in [1.54, 1.807) is 24.3 Å². The molecule has 23 heavy (non-hydrogen) atoms. The molecule has 0 saturated carbocycles. The molecule has 1 amide bonds. The van der Waals surface area contributed by atoms with Crippen LogP contribution in [0.25, 0.3) is 0 Å². The van der Waals surface area contributed by atoms with Crippen molar-refractivity contribution in [3.05, 3.63) is 35.7 Å². The average molecular weight is 313 g/mol. The number of para-hydroxylation sites is 1. The molecule has 3 rings (SSSR count). The number of benzene rings is 1. The molecule has 0 spiro atoms. The third-order valence-corrected chi connectivity index (χ3v) is 3.80. The molecule has 2 aromatic rings.